The molecule has 0 fully saturated rings. The van der Waals surface area contributed by atoms with E-state index in [-0.39, 0.29) is 11.9 Å². The summed E-state index contributed by atoms with van der Waals surface area (Å²) in [5.74, 6) is 0. The van der Waals surface area contributed by atoms with E-state index in [0.29, 0.717) is 21.4 Å². The fourth-order valence-electron chi connectivity index (χ4n) is 1.71. The van der Waals surface area contributed by atoms with Gasteiger partial charge in [0.2, 0.25) is 0 Å². The molecule has 0 bridgehead atoms. The molecule has 23 heavy (non-hydrogen) atoms. The zero-order valence-electron chi connectivity index (χ0n) is 11.3. The molecule has 0 aliphatic carbocycles. The van der Waals surface area contributed by atoms with Gasteiger partial charge in [0.05, 0.1) is 11.4 Å². The molecular weight excluding hydrogens is 405 g/mol. The van der Waals surface area contributed by atoms with Gasteiger partial charge in [-0.1, -0.05) is 46.4 Å². The minimum absolute atomic E-state index is 0.237. The SMILES string of the molecule is O=C(NSC(F)(Cl)Cl)N(c1ccc(Cl)cc1)c1ccc(Cl)cc1. The zero-order valence-corrected chi connectivity index (χ0v) is 15.1. The summed E-state index contributed by atoms with van der Waals surface area (Å²) < 4.78 is 12.8. The van der Waals surface area contributed by atoms with Crippen LogP contribution in [0.2, 0.25) is 10.0 Å². The molecule has 2 aromatic carbocycles. The Morgan fingerprint density at radius 1 is 0.957 bits per heavy atom. The molecule has 0 atom stereocenters. The number of rotatable bonds is 4. The first-order valence-electron chi connectivity index (χ1n) is 6.12. The highest BCUT2D eigenvalue weighted by Gasteiger charge is 2.27. The Kier molecular flexibility index (Phi) is 6.28. The average Bonchev–Trinajstić information content (AvgIpc) is 2.49. The largest absolute Gasteiger partial charge is 0.336 e. The third-order valence-electron chi connectivity index (χ3n) is 2.63. The number of carbonyl (C=O) groups excluding carboxylic acids is 1. The second-order valence-corrected chi connectivity index (χ2v) is 7.77. The van der Waals surface area contributed by atoms with E-state index in [1.54, 1.807) is 48.5 Å². The minimum atomic E-state index is -2.64. The van der Waals surface area contributed by atoms with Gasteiger partial charge in [-0.3, -0.25) is 9.62 Å². The van der Waals surface area contributed by atoms with Crippen LogP contribution in [0.15, 0.2) is 48.5 Å². The van der Waals surface area contributed by atoms with Crippen molar-refractivity contribution in [1.29, 1.82) is 0 Å². The second kappa shape index (κ2) is 7.81. The number of halogens is 5. The van der Waals surface area contributed by atoms with Gasteiger partial charge in [-0.05, 0) is 48.5 Å². The van der Waals surface area contributed by atoms with Gasteiger partial charge in [-0.25, -0.2) is 4.79 Å². The van der Waals surface area contributed by atoms with Crippen molar-refractivity contribution in [2.45, 2.75) is 3.92 Å². The molecule has 0 spiro atoms. The zero-order chi connectivity index (χ0) is 17.0. The maximum Gasteiger partial charge on any atom is 0.336 e. The highest BCUT2D eigenvalue weighted by atomic mass is 35.5. The van der Waals surface area contributed by atoms with Crippen LogP contribution in [0.1, 0.15) is 0 Å². The Balaban J connectivity index is 2.33. The van der Waals surface area contributed by atoms with E-state index in [1.165, 1.54) is 4.90 Å². The van der Waals surface area contributed by atoms with E-state index in [4.69, 9.17) is 46.4 Å². The van der Waals surface area contributed by atoms with Crippen molar-refractivity contribution in [3.05, 3.63) is 58.6 Å². The van der Waals surface area contributed by atoms with Gasteiger partial charge in [-0.15, -0.1) is 0 Å². The molecule has 3 nitrogen and oxygen atoms in total. The Morgan fingerprint density at radius 2 is 1.35 bits per heavy atom. The molecule has 0 aliphatic rings. The molecule has 2 aromatic rings. The lowest BCUT2D eigenvalue weighted by molar-refractivity contribution is 0.253. The van der Waals surface area contributed by atoms with Gasteiger partial charge >= 0.3 is 9.95 Å². The van der Waals surface area contributed by atoms with Gasteiger partial charge in [0.25, 0.3) is 0 Å². The predicted molar refractivity (Wildman–Crippen MR) is 96.7 cm³/mol. The Bertz CT molecular complexity index is 631. The Morgan fingerprint density at radius 3 is 1.70 bits per heavy atom. The van der Waals surface area contributed by atoms with Crippen LogP contribution < -0.4 is 9.62 Å². The molecule has 0 saturated heterocycles. The maximum absolute atomic E-state index is 13.1. The summed E-state index contributed by atoms with van der Waals surface area (Å²) in [6.45, 7) is 0. The van der Waals surface area contributed by atoms with Crippen LogP contribution in [0.5, 0.6) is 0 Å². The first-order chi connectivity index (χ1) is 10.8. The highest BCUT2D eigenvalue weighted by molar-refractivity contribution is 8.01. The number of carbonyl (C=O) groups is 1. The van der Waals surface area contributed by atoms with Crippen molar-refractivity contribution in [1.82, 2.24) is 4.72 Å². The Hall–Kier alpha value is -0.850. The molecule has 0 radical (unpaired) electrons. The molecule has 0 aromatic heterocycles. The van der Waals surface area contributed by atoms with Gasteiger partial charge in [0, 0.05) is 22.0 Å². The summed E-state index contributed by atoms with van der Waals surface area (Å²) >= 11 is 22.4. The summed E-state index contributed by atoms with van der Waals surface area (Å²) in [5, 5.41) is 1.03. The van der Waals surface area contributed by atoms with E-state index < -0.39 is 9.95 Å². The monoisotopic (exact) mass is 412 g/mol. The van der Waals surface area contributed by atoms with Crippen LogP contribution in [-0.2, 0) is 0 Å². The van der Waals surface area contributed by atoms with Crippen LogP contribution in [0.25, 0.3) is 0 Å². The number of nitrogens with one attached hydrogen (secondary N) is 1. The number of anilines is 2. The topological polar surface area (TPSA) is 32.3 Å². The molecule has 122 valence electrons. The molecule has 2 rings (SSSR count). The lowest BCUT2D eigenvalue weighted by Crippen LogP contribution is -2.34. The number of urea groups is 1. The molecule has 0 aliphatic heterocycles. The van der Waals surface area contributed by atoms with E-state index in [2.05, 4.69) is 4.72 Å². The molecule has 1 N–H and O–H groups in total. The van der Waals surface area contributed by atoms with Crippen molar-refractivity contribution < 1.29 is 9.18 Å². The van der Waals surface area contributed by atoms with Crippen LogP contribution in [0, 0.1) is 0 Å². The lowest BCUT2D eigenvalue weighted by Gasteiger charge is -2.23. The molecule has 0 heterocycles. The van der Waals surface area contributed by atoms with Gasteiger partial charge in [0.15, 0.2) is 0 Å². The third kappa shape index (κ3) is 5.62. The number of amides is 2. The fraction of sp³-hybridized carbons (Fsp3) is 0.0714. The average molecular weight is 414 g/mol. The van der Waals surface area contributed by atoms with Crippen molar-refractivity contribution in [2.75, 3.05) is 4.90 Å². The summed E-state index contributed by atoms with van der Waals surface area (Å²) in [6, 6.07) is 12.5. The summed E-state index contributed by atoms with van der Waals surface area (Å²) in [5.41, 5.74) is 1.03. The summed E-state index contributed by atoms with van der Waals surface area (Å²) in [6.07, 6.45) is 0. The van der Waals surface area contributed by atoms with Crippen LogP contribution in [0.4, 0.5) is 20.6 Å². The smallest absolute Gasteiger partial charge is 0.276 e. The third-order valence-corrected chi connectivity index (χ3v) is 4.10. The van der Waals surface area contributed by atoms with Crippen LogP contribution >= 0.6 is 58.4 Å². The predicted octanol–water partition coefficient (Wildman–Crippen LogP) is 6.55. The molecule has 9 heteroatoms. The Labute approximate surface area is 156 Å². The summed E-state index contributed by atoms with van der Waals surface area (Å²) in [7, 11) is 0. The van der Waals surface area contributed by atoms with E-state index >= 15 is 0 Å². The standard InChI is InChI=1S/C14H9Cl4FN2OS/c15-9-1-5-11(6-2-9)21(12-7-3-10(16)4-8-12)13(22)20-23-14(17,18)19/h1-8H,(H,20,22). The molecule has 0 unspecified atom stereocenters. The van der Waals surface area contributed by atoms with Crippen molar-refractivity contribution in [3.63, 3.8) is 0 Å². The van der Waals surface area contributed by atoms with Crippen molar-refractivity contribution in [3.8, 4) is 0 Å². The molecular formula is C14H9Cl4FN2OS. The number of nitrogens with zero attached hydrogens (tertiary/aromatic N) is 1. The normalized spacial score (nSPS) is 11.2. The second-order valence-electron chi connectivity index (χ2n) is 4.24. The first kappa shape index (κ1) is 18.5. The van der Waals surface area contributed by atoms with E-state index in [1.807, 2.05) is 0 Å². The maximum atomic E-state index is 13.1. The highest BCUT2D eigenvalue weighted by Crippen LogP contribution is 2.35. The summed E-state index contributed by atoms with van der Waals surface area (Å²) in [4.78, 5) is 13.7. The van der Waals surface area contributed by atoms with Crippen LogP contribution in [0.3, 0.4) is 0 Å². The van der Waals surface area contributed by atoms with Crippen molar-refractivity contribution in [2.24, 2.45) is 0 Å². The molecule has 0 saturated carbocycles. The van der Waals surface area contributed by atoms with Crippen LogP contribution in [-0.4, -0.2) is 9.95 Å². The number of hydrogen-bond acceptors (Lipinski definition) is 2. The molecule has 2 amide bonds. The van der Waals surface area contributed by atoms with Crippen molar-refractivity contribution >= 4 is 75.8 Å². The van der Waals surface area contributed by atoms with E-state index in [0.717, 1.165) is 0 Å². The first-order valence-corrected chi connectivity index (χ1v) is 8.45. The fourth-order valence-corrected chi connectivity index (χ4v) is 2.49. The quantitative estimate of drug-likeness (QED) is 0.455. The van der Waals surface area contributed by atoms with E-state index in [9.17, 15) is 9.18 Å². The minimum Gasteiger partial charge on any atom is -0.276 e. The number of hydrogen-bond donors (Lipinski definition) is 1. The van der Waals surface area contributed by atoms with Gasteiger partial charge < -0.3 is 0 Å². The lowest BCUT2D eigenvalue weighted by atomic mass is 10.2. The van der Waals surface area contributed by atoms with Gasteiger partial charge in [0.1, 0.15) is 0 Å². The number of benzene rings is 2. The van der Waals surface area contributed by atoms with Gasteiger partial charge in [-0.2, -0.15) is 4.39 Å². The number of alkyl halides is 3.